The highest BCUT2D eigenvalue weighted by Gasteiger charge is 2.28. The van der Waals surface area contributed by atoms with E-state index in [4.69, 9.17) is 15.2 Å². The van der Waals surface area contributed by atoms with Crippen LogP contribution < -0.4 is 5.73 Å². The molecule has 0 amide bonds. The summed E-state index contributed by atoms with van der Waals surface area (Å²) in [5.41, 5.74) is 3.55. The van der Waals surface area contributed by atoms with Gasteiger partial charge in [0.2, 0.25) is 5.78 Å². The van der Waals surface area contributed by atoms with Crippen LogP contribution in [0.4, 0.5) is 0 Å². The van der Waals surface area contributed by atoms with Crippen molar-refractivity contribution in [1.82, 2.24) is 0 Å². The lowest BCUT2D eigenvalue weighted by atomic mass is 10.1. The molecular formula is C13H21NO4. The van der Waals surface area contributed by atoms with Crippen molar-refractivity contribution in [3.05, 3.63) is 25.3 Å². The molecule has 0 aromatic rings. The minimum atomic E-state index is -1.40. The molecule has 18 heavy (non-hydrogen) atoms. The molecular weight excluding hydrogens is 234 g/mol. The Morgan fingerprint density at radius 1 is 1.22 bits per heavy atom. The van der Waals surface area contributed by atoms with E-state index in [0.29, 0.717) is 6.42 Å². The third-order valence-corrected chi connectivity index (χ3v) is 2.32. The average molecular weight is 255 g/mol. The topological polar surface area (TPSA) is 78.6 Å². The van der Waals surface area contributed by atoms with Gasteiger partial charge in [-0.05, 0) is 26.8 Å². The second kappa shape index (κ2) is 6.47. The number of rotatable bonds is 8. The number of ether oxygens (including phenoxy) is 2. The Kier molecular flexibility index (Phi) is 5.94. The van der Waals surface area contributed by atoms with Crippen LogP contribution in [0.1, 0.15) is 27.2 Å². The third-order valence-electron chi connectivity index (χ3n) is 2.32. The largest absolute Gasteiger partial charge is 0.456 e. The molecule has 1 atom stereocenters. The summed E-state index contributed by atoms with van der Waals surface area (Å²) >= 11 is 0. The van der Waals surface area contributed by atoms with E-state index in [2.05, 4.69) is 13.2 Å². The van der Waals surface area contributed by atoms with Crippen molar-refractivity contribution in [2.75, 3.05) is 6.61 Å². The molecule has 0 rings (SSSR count). The fourth-order valence-electron chi connectivity index (χ4n) is 1.15. The van der Waals surface area contributed by atoms with E-state index in [9.17, 15) is 9.59 Å². The van der Waals surface area contributed by atoms with Crippen LogP contribution in [0.5, 0.6) is 0 Å². The molecule has 1 unspecified atom stereocenters. The van der Waals surface area contributed by atoms with Crippen LogP contribution in [0.2, 0.25) is 0 Å². The molecule has 0 radical (unpaired) electrons. The monoisotopic (exact) mass is 255 g/mol. The van der Waals surface area contributed by atoms with Gasteiger partial charge in [0.25, 0.3) is 0 Å². The van der Waals surface area contributed by atoms with Crippen LogP contribution in [0.25, 0.3) is 0 Å². The van der Waals surface area contributed by atoms with Gasteiger partial charge in [-0.1, -0.05) is 13.2 Å². The molecule has 0 spiro atoms. The summed E-state index contributed by atoms with van der Waals surface area (Å²) in [7, 11) is 0. The molecule has 0 aromatic heterocycles. The Bertz CT molecular complexity index is 345. The van der Waals surface area contributed by atoms with Gasteiger partial charge >= 0.3 is 5.97 Å². The zero-order valence-electron chi connectivity index (χ0n) is 11.2. The molecule has 0 fully saturated rings. The predicted molar refractivity (Wildman–Crippen MR) is 68.7 cm³/mol. The van der Waals surface area contributed by atoms with Crippen LogP contribution in [-0.2, 0) is 19.1 Å². The summed E-state index contributed by atoms with van der Waals surface area (Å²) in [4.78, 5) is 22.4. The second-order valence-corrected chi connectivity index (χ2v) is 4.66. The van der Waals surface area contributed by atoms with Crippen molar-refractivity contribution >= 4 is 11.8 Å². The Balaban J connectivity index is 4.25. The highest BCUT2D eigenvalue weighted by Crippen LogP contribution is 2.16. The van der Waals surface area contributed by atoms with Crippen molar-refractivity contribution in [1.29, 1.82) is 0 Å². The molecule has 0 saturated carbocycles. The Hall–Kier alpha value is -1.46. The molecule has 102 valence electrons. The molecule has 2 N–H and O–H groups in total. The minimum Gasteiger partial charge on any atom is -0.456 e. The normalized spacial score (nSPS) is 14.4. The Morgan fingerprint density at radius 3 is 2.22 bits per heavy atom. The van der Waals surface area contributed by atoms with Crippen LogP contribution >= 0.6 is 0 Å². The molecule has 0 aliphatic rings. The van der Waals surface area contributed by atoms with Crippen molar-refractivity contribution in [3.63, 3.8) is 0 Å². The Labute approximate surface area is 108 Å². The molecule has 0 heterocycles. The van der Waals surface area contributed by atoms with E-state index >= 15 is 0 Å². The van der Waals surface area contributed by atoms with E-state index in [1.807, 2.05) is 0 Å². The molecule has 0 bridgehead atoms. The summed E-state index contributed by atoms with van der Waals surface area (Å²) in [6, 6.07) is 0. The fourth-order valence-corrected chi connectivity index (χ4v) is 1.15. The van der Waals surface area contributed by atoms with Gasteiger partial charge in [0.05, 0.1) is 6.61 Å². The van der Waals surface area contributed by atoms with Gasteiger partial charge in [-0.3, -0.25) is 10.5 Å². The molecule has 5 heteroatoms. The van der Waals surface area contributed by atoms with Gasteiger partial charge in [0, 0.05) is 12.5 Å². The van der Waals surface area contributed by atoms with Crippen molar-refractivity contribution in [3.8, 4) is 0 Å². The lowest BCUT2D eigenvalue weighted by Crippen LogP contribution is -2.47. The smallest absolute Gasteiger partial charge is 0.330 e. The van der Waals surface area contributed by atoms with E-state index in [0.717, 1.165) is 12.2 Å². The maximum atomic E-state index is 11.3. The zero-order valence-corrected chi connectivity index (χ0v) is 11.2. The number of carbonyl (C=O) groups is 2. The van der Waals surface area contributed by atoms with Gasteiger partial charge in [-0.25, -0.2) is 4.79 Å². The highest BCUT2D eigenvalue weighted by molar-refractivity contribution is 5.95. The third kappa shape index (κ3) is 5.75. The van der Waals surface area contributed by atoms with Crippen molar-refractivity contribution in [2.45, 2.75) is 38.5 Å². The van der Waals surface area contributed by atoms with Gasteiger partial charge < -0.3 is 9.47 Å². The lowest BCUT2D eigenvalue weighted by Gasteiger charge is -2.27. The quantitative estimate of drug-likeness (QED) is 0.402. The van der Waals surface area contributed by atoms with E-state index in [-0.39, 0.29) is 6.61 Å². The number of hydrogen-bond acceptors (Lipinski definition) is 5. The summed E-state index contributed by atoms with van der Waals surface area (Å²) in [5, 5.41) is 0. The predicted octanol–water partition coefficient (Wildman–Crippen LogP) is 1.33. The SMILES string of the molecule is C=CC(=O)OC(C)(C)CCOC(C)(N)C(=O)C=C. The van der Waals surface area contributed by atoms with Crippen LogP contribution in [0, 0.1) is 0 Å². The maximum absolute atomic E-state index is 11.3. The first-order chi connectivity index (χ1) is 8.14. The summed E-state index contributed by atoms with van der Waals surface area (Å²) in [6.45, 7) is 11.8. The summed E-state index contributed by atoms with van der Waals surface area (Å²) in [5.74, 6) is -0.902. The van der Waals surface area contributed by atoms with E-state index in [1.165, 1.54) is 6.92 Å². The lowest BCUT2D eigenvalue weighted by molar-refractivity contribution is -0.155. The van der Waals surface area contributed by atoms with Gasteiger partial charge in [0.1, 0.15) is 5.60 Å². The summed E-state index contributed by atoms with van der Waals surface area (Å²) in [6.07, 6.45) is 2.61. The van der Waals surface area contributed by atoms with Gasteiger partial charge in [0.15, 0.2) is 5.72 Å². The fraction of sp³-hybridized carbons (Fsp3) is 0.538. The van der Waals surface area contributed by atoms with Crippen LogP contribution in [0.15, 0.2) is 25.3 Å². The maximum Gasteiger partial charge on any atom is 0.330 e. The number of carbonyl (C=O) groups excluding carboxylic acids is 2. The molecule has 5 nitrogen and oxygen atoms in total. The first kappa shape index (κ1) is 16.5. The summed E-state index contributed by atoms with van der Waals surface area (Å²) < 4.78 is 10.4. The number of esters is 1. The van der Waals surface area contributed by atoms with E-state index in [1.54, 1.807) is 13.8 Å². The van der Waals surface area contributed by atoms with Crippen molar-refractivity contribution < 1.29 is 19.1 Å². The van der Waals surface area contributed by atoms with Crippen LogP contribution in [0.3, 0.4) is 0 Å². The van der Waals surface area contributed by atoms with Gasteiger partial charge in [-0.2, -0.15) is 0 Å². The molecule has 0 saturated heterocycles. The van der Waals surface area contributed by atoms with Crippen molar-refractivity contribution in [2.24, 2.45) is 5.73 Å². The average Bonchev–Trinajstić information content (AvgIpc) is 2.26. The van der Waals surface area contributed by atoms with Crippen LogP contribution in [-0.4, -0.2) is 29.7 Å². The zero-order chi connectivity index (χ0) is 14.4. The van der Waals surface area contributed by atoms with Gasteiger partial charge in [-0.15, -0.1) is 0 Å². The number of ketones is 1. The minimum absolute atomic E-state index is 0.185. The second-order valence-electron chi connectivity index (χ2n) is 4.66. The first-order valence-corrected chi connectivity index (χ1v) is 5.60. The number of hydrogen-bond donors (Lipinski definition) is 1. The molecule has 0 aliphatic heterocycles. The number of nitrogens with two attached hydrogens (primary N) is 1. The Morgan fingerprint density at radius 2 is 1.78 bits per heavy atom. The van der Waals surface area contributed by atoms with E-state index < -0.39 is 23.1 Å². The standard InChI is InChI=1S/C13H21NO4/c1-6-10(15)13(5,14)17-9-8-12(3,4)18-11(16)7-2/h6-7H,1-2,8-9,14H2,3-5H3. The molecule has 0 aliphatic carbocycles. The highest BCUT2D eigenvalue weighted by atomic mass is 16.6. The first-order valence-electron chi connectivity index (χ1n) is 5.60. The molecule has 0 aromatic carbocycles.